The van der Waals surface area contributed by atoms with E-state index < -0.39 is 0 Å². The fourth-order valence-corrected chi connectivity index (χ4v) is 2.27. The minimum absolute atomic E-state index is 0.118. The lowest BCUT2D eigenvalue weighted by atomic mass is 10.1. The molecule has 0 radical (unpaired) electrons. The van der Waals surface area contributed by atoms with Crippen LogP contribution in [0.15, 0.2) is 48.5 Å². The highest BCUT2D eigenvalue weighted by Crippen LogP contribution is 2.23. The van der Waals surface area contributed by atoms with E-state index in [0.29, 0.717) is 25.5 Å². The van der Waals surface area contributed by atoms with Crippen LogP contribution in [0.2, 0.25) is 0 Å². The number of benzene rings is 2. The van der Waals surface area contributed by atoms with Crippen LogP contribution in [0.3, 0.4) is 0 Å². The lowest BCUT2D eigenvalue weighted by Gasteiger charge is -2.11. The molecule has 0 atom stereocenters. The molecule has 24 heavy (non-hydrogen) atoms. The molecule has 1 fully saturated rings. The van der Waals surface area contributed by atoms with Crippen LogP contribution in [0.5, 0.6) is 5.75 Å². The molecule has 0 spiro atoms. The second kappa shape index (κ2) is 7.90. The number of amides is 1. The van der Waals surface area contributed by atoms with Crippen molar-refractivity contribution >= 4 is 5.91 Å². The van der Waals surface area contributed by atoms with E-state index in [2.05, 4.69) is 5.32 Å². The highest BCUT2D eigenvalue weighted by Gasteiger charge is 2.17. The molecule has 0 aromatic heterocycles. The summed E-state index contributed by atoms with van der Waals surface area (Å²) in [6, 6.07) is 13.2. The van der Waals surface area contributed by atoms with Crippen LogP contribution < -0.4 is 10.1 Å². The quantitative estimate of drug-likeness (QED) is 0.884. The van der Waals surface area contributed by atoms with Crippen LogP contribution in [-0.2, 0) is 20.8 Å². The average Bonchev–Trinajstić information content (AvgIpc) is 3.14. The van der Waals surface area contributed by atoms with Gasteiger partial charge < -0.3 is 19.5 Å². The molecule has 2 aromatic carbocycles. The molecule has 0 aliphatic carbocycles. The largest absolute Gasteiger partial charge is 0.484 e. The first kappa shape index (κ1) is 16.4. The van der Waals surface area contributed by atoms with Gasteiger partial charge in [-0.25, -0.2) is 4.39 Å². The fraction of sp³-hybridized carbons (Fsp3) is 0.278. The summed E-state index contributed by atoms with van der Waals surface area (Å²) in [6.45, 7) is 1.50. The number of halogens is 1. The molecule has 1 heterocycles. The zero-order chi connectivity index (χ0) is 16.8. The summed E-state index contributed by atoms with van der Waals surface area (Å²) in [5.74, 6) is -0.137. The van der Waals surface area contributed by atoms with Crippen LogP contribution in [0, 0.1) is 5.82 Å². The van der Waals surface area contributed by atoms with Gasteiger partial charge in [0.2, 0.25) is 0 Å². The molecule has 0 saturated carbocycles. The standard InChI is InChI=1S/C18H18FNO4/c19-15-5-7-16(8-6-15)24-12-17(21)20-11-13-1-3-14(4-2-13)18-22-9-10-23-18/h1-8,18H,9-12H2,(H,20,21). The first-order chi connectivity index (χ1) is 11.7. The van der Waals surface area contributed by atoms with Gasteiger partial charge in [-0.3, -0.25) is 4.79 Å². The molecule has 2 aromatic rings. The van der Waals surface area contributed by atoms with E-state index in [1.54, 1.807) is 0 Å². The van der Waals surface area contributed by atoms with Crippen LogP contribution in [0.4, 0.5) is 4.39 Å². The van der Waals surface area contributed by atoms with E-state index in [9.17, 15) is 9.18 Å². The van der Waals surface area contributed by atoms with E-state index in [-0.39, 0.29) is 24.6 Å². The summed E-state index contributed by atoms with van der Waals surface area (Å²) >= 11 is 0. The van der Waals surface area contributed by atoms with E-state index in [4.69, 9.17) is 14.2 Å². The number of rotatable bonds is 6. The van der Waals surface area contributed by atoms with Gasteiger partial charge in [0.15, 0.2) is 12.9 Å². The summed E-state index contributed by atoms with van der Waals surface area (Å²) in [6.07, 6.45) is -0.294. The Hall–Kier alpha value is -2.44. The summed E-state index contributed by atoms with van der Waals surface area (Å²) in [4.78, 5) is 11.8. The second-order valence-corrected chi connectivity index (χ2v) is 5.33. The SMILES string of the molecule is O=C(COc1ccc(F)cc1)NCc1ccc(C2OCCO2)cc1. The lowest BCUT2D eigenvalue weighted by molar-refractivity contribution is -0.123. The van der Waals surface area contributed by atoms with Gasteiger partial charge in [0.05, 0.1) is 13.2 Å². The monoisotopic (exact) mass is 331 g/mol. The highest BCUT2D eigenvalue weighted by atomic mass is 19.1. The Balaban J connectivity index is 1.43. The number of carbonyl (C=O) groups excluding carboxylic acids is 1. The number of nitrogens with one attached hydrogen (secondary N) is 1. The lowest BCUT2D eigenvalue weighted by Crippen LogP contribution is -2.28. The van der Waals surface area contributed by atoms with Crippen molar-refractivity contribution in [1.29, 1.82) is 0 Å². The van der Waals surface area contributed by atoms with Crippen LogP contribution in [-0.4, -0.2) is 25.7 Å². The second-order valence-electron chi connectivity index (χ2n) is 5.33. The molecule has 0 bridgehead atoms. The van der Waals surface area contributed by atoms with Crippen molar-refractivity contribution in [2.45, 2.75) is 12.8 Å². The van der Waals surface area contributed by atoms with Crippen molar-refractivity contribution in [3.8, 4) is 5.75 Å². The van der Waals surface area contributed by atoms with Crippen molar-refractivity contribution < 1.29 is 23.4 Å². The molecule has 1 aliphatic heterocycles. The summed E-state index contributed by atoms with van der Waals surface area (Å²) < 4.78 is 28.9. The Morgan fingerprint density at radius 3 is 2.42 bits per heavy atom. The topological polar surface area (TPSA) is 56.8 Å². The molecule has 6 heteroatoms. The van der Waals surface area contributed by atoms with Gasteiger partial charge in [0.25, 0.3) is 5.91 Å². The molecule has 1 aliphatic rings. The van der Waals surface area contributed by atoms with Gasteiger partial charge in [0, 0.05) is 12.1 Å². The maximum Gasteiger partial charge on any atom is 0.258 e. The summed E-state index contributed by atoms with van der Waals surface area (Å²) in [5, 5.41) is 2.77. The van der Waals surface area contributed by atoms with Gasteiger partial charge in [-0.2, -0.15) is 0 Å². The Labute approximate surface area is 139 Å². The first-order valence-electron chi connectivity index (χ1n) is 7.68. The normalized spacial score (nSPS) is 14.5. The van der Waals surface area contributed by atoms with Crippen molar-refractivity contribution in [2.24, 2.45) is 0 Å². The number of hydrogen-bond acceptors (Lipinski definition) is 4. The molecular weight excluding hydrogens is 313 g/mol. The molecule has 1 N–H and O–H groups in total. The Bertz CT molecular complexity index is 666. The van der Waals surface area contributed by atoms with Crippen molar-refractivity contribution in [3.63, 3.8) is 0 Å². The predicted octanol–water partition coefficient (Wildman–Crippen LogP) is 2.57. The zero-order valence-corrected chi connectivity index (χ0v) is 13.0. The smallest absolute Gasteiger partial charge is 0.258 e. The van der Waals surface area contributed by atoms with Crippen LogP contribution >= 0.6 is 0 Å². The minimum Gasteiger partial charge on any atom is -0.484 e. The number of carbonyl (C=O) groups is 1. The fourth-order valence-electron chi connectivity index (χ4n) is 2.27. The van der Waals surface area contributed by atoms with Gasteiger partial charge >= 0.3 is 0 Å². The zero-order valence-electron chi connectivity index (χ0n) is 13.0. The van der Waals surface area contributed by atoms with Gasteiger partial charge in [-0.15, -0.1) is 0 Å². The van der Waals surface area contributed by atoms with Gasteiger partial charge in [-0.05, 0) is 29.8 Å². The van der Waals surface area contributed by atoms with Crippen molar-refractivity contribution in [3.05, 3.63) is 65.5 Å². The molecule has 3 rings (SSSR count). The van der Waals surface area contributed by atoms with Crippen molar-refractivity contribution in [2.75, 3.05) is 19.8 Å². The molecule has 0 unspecified atom stereocenters. The Morgan fingerprint density at radius 2 is 1.75 bits per heavy atom. The summed E-state index contributed by atoms with van der Waals surface area (Å²) in [7, 11) is 0. The highest BCUT2D eigenvalue weighted by molar-refractivity contribution is 5.77. The summed E-state index contributed by atoms with van der Waals surface area (Å²) in [5.41, 5.74) is 1.93. The molecule has 1 saturated heterocycles. The van der Waals surface area contributed by atoms with Crippen LogP contribution in [0.25, 0.3) is 0 Å². The van der Waals surface area contributed by atoms with E-state index in [0.717, 1.165) is 11.1 Å². The third-order valence-electron chi connectivity index (χ3n) is 3.55. The van der Waals surface area contributed by atoms with Crippen molar-refractivity contribution in [1.82, 2.24) is 5.32 Å². The third kappa shape index (κ3) is 4.53. The molecule has 126 valence electrons. The van der Waals surface area contributed by atoms with Gasteiger partial charge in [0.1, 0.15) is 11.6 Å². The van der Waals surface area contributed by atoms with Crippen LogP contribution in [0.1, 0.15) is 17.4 Å². The maximum atomic E-state index is 12.8. The minimum atomic E-state index is -0.344. The Kier molecular flexibility index (Phi) is 5.40. The Morgan fingerprint density at radius 1 is 1.08 bits per heavy atom. The predicted molar refractivity (Wildman–Crippen MR) is 84.8 cm³/mol. The van der Waals surface area contributed by atoms with E-state index >= 15 is 0 Å². The third-order valence-corrected chi connectivity index (χ3v) is 3.55. The van der Waals surface area contributed by atoms with Gasteiger partial charge in [-0.1, -0.05) is 24.3 Å². The number of ether oxygens (including phenoxy) is 3. The number of hydrogen-bond donors (Lipinski definition) is 1. The van der Waals surface area contributed by atoms with E-state index in [1.165, 1.54) is 24.3 Å². The first-order valence-corrected chi connectivity index (χ1v) is 7.68. The average molecular weight is 331 g/mol. The molecule has 5 nitrogen and oxygen atoms in total. The van der Waals surface area contributed by atoms with E-state index in [1.807, 2.05) is 24.3 Å². The molecule has 1 amide bonds. The molecular formula is C18H18FNO4. The maximum absolute atomic E-state index is 12.8.